The maximum atomic E-state index is 13.9. The van der Waals surface area contributed by atoms with Crippen LogP contribution in [0.4, 0.5) is 10.1 Å². The monoisotopic (exact) mass is 441 g/mol. The number of hydrogen-bond donors (Lipinski definition) is 1. The number of benzene rings is 2. The van der Waals surface area contributed by atoms with Crippen molar-refractivity contribution in [1.29, 1.82) is 0 Å². The normalized spacial score (nSPS) is 21.3. The highest BCUT2D eigenvalue weighted by Crippen LogP contribution is 2.40. The van der Waals surface area contributed by atoms with Crippen molar-refractivity contribution in [2.45, 2.75) is 51.6 Å². The Morgan fingerprint density at radius 2 is 1.91 bits per heavy atom. The maximum absolute atomic E-state index is 13.9. The number of ether oxygens (including phenoxy) is 2. The first-order valence-electron chi connectivity index (χ1n) is 11.8. The quantitative estimate of drug-likeness (QED) is 0.637. The Morgan fingerprint density at radius 3 is 2.69 bits per heavy atom. The number of anilines is 1. The van der Waals surface area contributed by atoms with Crippen molar-refractivity contribution in [3.63, 3.8) is 0 Å². The number of hydrogen-bond acceptors (Lipinski definition) is 5. The summed E-state index contributed by atoms with van der Waals surface area (Å²) >= 11 is 0. The van der Waals surface area contributed by atoms with Gasteiger partial charge in [-0.05, 0) is 81.0 Å². The summed E-state index contributed by atoms with van der Waals surface area (Å²) in [4.78, 5) is 5.06. The molecule has 0 aliphatic carbocycles. The van der Waals surface area contributed by atoms with E-state index in [1.165, 1.54) is 49.1 Å². The standard InChI is InChI=1S/C26H36FN3O2/c1-18-19(2)25(32-15-5-12-28)11-9-22(18)24-7-4-6-21-17-29(13-14-30(21)24)20-8-10-23(27)26(16-20)31-3/h8-11,16,21,24H,4-7,12-15,17,28H2,1-3H3/t21-,24?/m0/s1. The number of fused-ring (bicyclic) bond motifs is 1. The van der Waals surface area contributed by atoms with Crippen LogP contribution in [0.5, 0.6) is 11.5 Å². The Hall–Kier alpha value is -2.31. The summed E-state index contributed by atoms with van der Waals surface area (Å²) in [5, 5.41) is 0. The van der Waals surface area contributed by atoms with Crippen molar-refractivity contribution >= 4 is 5.69 Å². The van der Waals surface area contributed by atoms with Gasteiger partial charge in [0.25, 0.3) is 0 Å². The summed E-state index contributed by atoms with van der Waals surface area (Å²) in [5.41, 5.74) is 10.6. The molecule has 4 rings (SSSR count). The number of piperazine rings is 1. The molecule has 0 radical (unpaired) electrons. The molecule has 5 nitrogen and oxygen atoms in total. The maximum Gasteiger partial charge on any atom is 0.165 e. The molecule has 0 spiro atoms. The molecule has 2 aliphatic rings. The third kappa shape index (κ3) is 4.57. The summed E-state index contributed by atoms with van der Waals surface area (Å²) < 4.78 is 25.0. The highest BCUT2D eigenvalue weighted by atomic mass is 19.1. The van der Waals surface area contributed by atoms with Crippen LogP contribution in [0.1, 0.15) is 48.4 Å². The van der Waals surface area contributed by atoms with Crippen LogP contribution >= 0.6 is 0 Å². The van der Waals surface area contributed by atoms with Crippen LogP contribution < -0.4 is 20.1 Å². The SMILES string of the molecule is COc1cc(N2CCN3C(c4ccc(OCCCN)c(C)c4C)CCC[C@H]3C2)ccc1F. The zero-order chi connectivity index (χ0) is 22.7. The van der Waals surface area contributed by atoms with Gasteiger partial charge < -0.3 is 20.1 Å². The van der Waals surface area contributed by atoms with Crippen LogP contribution in [0.15, 0.2) is 30.3 Å². The summed E-state index contributed by atoms with van der Waals surface area (Å²) in [7, 11) is 1.52. The van der Waals surface area contributed by atoms with Gasteiger partial charge in [0.1, 0.15) is 5.75 Å². The summed E-state index contributed by atoms with van der Waals surface area (Å²) in [6.07, 6.45) is 4.48. The Kier molecular flexibility index (Phi) is 7.21. The Balaban J connectivity index is 1.50. The molecule has 2 fully saturated rings. The van der Waals surface area contributed by atoms with Crippen LogP contribution in [0, 0.1) is 19.7 Å². The van der Waals surface area contributed by atoms with E-state index in [4.69, 9.17) is 15.2 Å². The largest absolute Gasteiger partial charge is 0.494 e. The number of halogens is 1. The van der Waals surface area contributed by atoms with Gasteiger partial charge in [0.15, 0.2) is 11.6 Å². The first kappa shape index (κ1) is 22.9. The highest BCUT2D eigenvalue weighted by molar-refractivity contribution is 5.52. The molecule has 0 saturated carbocycles. The third-order valence-electron chi connectivity index (χ3n) is 7.19. The second-order valence-electron chi connectivity index (χ2n) is 9.00. The number of rotatable bonds is 7. The highest BCUT2D eigenvalue weighted by Gasteiger charge is 2.36. The Bertz CT molecular complexity index is 936. The fraction of sp³-hybridized carbons (Fsp3) is 0.538. The van der Waals surface area contributed by atoms with E-state index in [1.54, 1.807) is 0 Å². The van der Waals surface area contributed by atoms with Crippen molar-refractivity contribution < 1.29 is 13.9 Å². The molecule has 0 aromatic heterocycles. The van der Waals surface area contributed by atoms with Crippen LogP contribution in [0.25, 0.3) is 0 Å². The van der Waals surface area contributed by atoms with Crippen molar-refractivity contribution in [2.75, 3.05) is 44.8 Å². The molecular weight excluding hydrogens is 405 g/mol. The van der Waals surface area contributed by atoms with Crippen molar-refractivity contribution in [1.82, 2.24) is 4.90 Å². The molecule has 2 heterocycles. The smallest absolute Gasteiger partial charge is 0.165 e. The molecule has 2 saturated heterocycles. The Labute approximate surface area is 191 Å². The van der Waals surface area contributed by atoms with Gasteiger partial charge in [0.2, 0.25) is 0 Å². The van der Waals surface area contributed by atoms with Gasteiger partial charge in [0, 0.05) is 43.5 Å². The van der Waals surface area contributed by atoms with Gasteiger partial charge in [-0.15, -0.1) is 0 Å². The van der Waals surface area contributed by atoms with Gasteiger partial charge in [-0.3, -0.25) is 4.90 Å². The van der Waals surface area contributed by atoms with Gasteiger partial charge in [-0.2, -0.15) is 0 Å². The summed E-state index contributed by atoms with van der Waals surface area (Å²) in [6, 6.07) is 10.5. The molecule has 2 aromatic carbocycles. The van der Waals surface area contributed by atoms with Gasteiger partial charge in [0.05, 0.1) is 13.7 Å². The minimum Gasteiger partial charge on any atom is -0.494 e. The predicted octanol–water partition coefficient (Wildman–Crippen LogP) is 4.59. The van der Waals surface area contributed by atoms with Crippen molar-refractivity contribution in [3.05, 3.63) is 52.8 Å². The lowest BCUT2D eigenvalue weighted by Gasteiger charge is -2.49. The molecule has 6 heteroatoms. The van der Waals surface area contributed by atoms with E-state index in [0.29, 0.717) is 31.0 Å². The number of piperidine rings is 1. The molecule has 0 bridgehead atoms. The van der Waals surface area contributed by atoms with Crippen molar-refractivity contribution in [3.8, 4) is 11.5 Å². The lowest BCUT2D eigenvalue weighted by molar-refractivity contribution is 0.0712. The minimum absolute atomic E-state index is 0.311. The second-order valence-corrected chi connectivity index (χ2v) is 9.00. The molecule has 2 aromatic rings. The molecular formula is C26H36FN3O2. The minimum atomic E-state index is -0.311. The zero-order valence-corrected chi connectivity index (χ0v) is 19.6. The van der Waals surface area contributed by atoms with Crippen LogP contribution in [0.3, 0.4) is 0 Å². The number of methoxy groups -OCH3 is 1. The van der Waals surface area contributed by atoms with Crippen LogP contribution in [0.2, 0.25) is 0 Å². The number of nitrogens with zero attached hydrogens (tertiary/aromatic N) is 2. The summed E-state index contributed by atoms with van der Waals surface area (Å²) in [6.45, 7) is 8.60. The number of nitrogens with two attached hydrogens (primary N) is 1. The molecule has 2 N–H and O–H groups in total. The van der Waals surface area contributed by atoms with Gasteiger partial charge >= 0.3 is 0 Å². The topological polar surface area (TPSA) is 51.0 Å². The van der Waals surface area contributed by atoms with E-state index in [1.807, 2.05) is 12.1 Å². The molecule has 2 atom stereocenters. The molecule has 2 aliphatic heterocycles. The molecule has 0 amide bonds. The molecule has 1 unspecified atom stereocenters. The van der Waals surface area contributed by atoms with E-state index in [9.17, 15) is 4.39 Å². The first-order chi connectivity index (χ1) is 15.5. The van der Waals surface area contributed by atoms with E-state index in [2.05, 4.69) is 35.8 Å². The van der Waals surface area contributed by atoms with Crippen LogP contribution in [-0.4, -0.2) is 50.8 Å². The van der Waals surface area contributed by atoms with Crippen LogP contribution in [-0.2, 0) is 0 Å². The van der Waals surface area contributed by atoms with E-state index in [0.717, 1.165) is 37.5 Å². The molecule has 32 heavy (non-hydrogen) atoms. The lowest BCUT2D eigenvalue weighted by atomic mass is 9.86. The average Bonchev–Trinajstić information content (AvgIpc) is 2.82. The van der Waals surface area contributed by atoms with Gasteiger partial charge in [-0.1, -0.05) is 6.07 Å². The molecule has 174 valence electrons. The average molecular weight is 442 g/mol. The van der Waals surface area contributed by atoms with E-state index < -0.39 is 0 Å². The van der Waals surface area contributed by atoms with E-state index in [-0.39, 0.29) is 5.82 Å². The predicted molar refractivity (Wildman–Crippen MR) is 127 cm³/mol. The first-order valence-corrected chi connectivity index (χ1v) is 11.8. The van der Waals surface area contributed by atoms with Gasteiger partial charge in [-0.25, -0.2) is 4.39 Å². The van der Waals surface area contributed by atoms with Crippen molar-refractivity contribution in [2.24, 2.45) is 5.73 Å². The second kappa shape index (κ2) is 10.1. The lowest BCUT2D eigenvalue weighted by Crippen LogP contribution is -2.56. The summed E-state index contributed by atoms with van der Waals surface area (Å²) in [5.74, 6) is 0.974. The fourth-order valence-electron chi connectivity index (χ4n) is 5.26. The third-order valence-corrected chi connectivity index (χ3v) is 7.19. The zero-order valence-electron chi connectivity index (χ0n) is 19.6. The van der Waals surface area contributed by atoms with E-state index >= 15 is 0 Å². The Morgan fingerprint density at radius 1 is 1.06 bits per heavy atom. The fourth-order valence-corrected chi connectivity index (χ4v) is 5.26.